The lowest BCUT2D eigenvalue weighted by molar-refractivity contribution is -0.143. The van der Waals surface area contributed by atoms with Gasteiger partial charge >= 0.3 is 0 Å². The lowest BCUT2D eigenvalue weighted by atomic mass is 9.68. The summed E-state index contributed by atoms with van der Waals surface area (Å²) in [6.07, 6.45) is 9.14. The molecule has 0 N–H and O–H groups in total. The van der Waals surface area contributed by atoms with Crippen molar-refractivity contribution in [3.63, 3.8) is 0 Å². The number of para-hydroxylation sites is 1. The summed E-state index contributed by atoms with van der Waals surface area (Å²) in [4.78, 5) is 0. The van der Waals surface area contributed by atoms with Crippen LogP contribution in [0.1, 0.15) is 56.6 Å². The minimum Gasteiger partial charge on any atom is -0.486 e. The Hall–Kier alpha value is -1.02. The van der Waals surface area contributed by atoms with Crippen LogP contribution in [0, 0.1) is 5.92 Å². The van der Waals surface area contributed by atoms with E-state index in [-0.39, 0.29) is 11.7 Å². The van der Waals surface area contributed by atoms with Crippen LogP contribution in [-0.2, 0) is 4.74 Å². The molecule has 2 aliphatic heterocycles. The van der Waals surface area contributed by atoms with Crippen molar-refractivity contribution in [2.45, 2.75) is 56.7 Å². The highest BCUT2D eigenvalue weighted by Gasteiger charge is 2.51. The van der Waals surface area contributed by atoms with Crippen LogP contribution in [0.4, 0.5) is 0 Å². The zero-order valence-corrected chi connectivity index (χ0v) is 11.4. The Bertz CT molecular complexity index is 462. The Morgan fingerprint density at radius 2 is 1.84 bits per heavy atom. The molecule has 19 heavy (non-hydrogen) atoms. The highest BCUT2D eigenvalue weighted by Crippen LogP contribution is 2.53. The van der Waals surface area contributed by atoms with Gasteiger partial charge in [-0.15, -0.1) is 0 Å². The molecule has 0 amide bonds. The molecular weight excluding hydrogens is 236 g/mol. The lowest BCUT2D eigenvalue weighted by Crippen LogP contribution is -2.52. The maximum absolute atomic E-state index is 6.55. The van der Waals surface area contributed by atoms with Crippen molar-refractivity contribution >= 4 is 0 Å². The molecule has 0 bridgehead atoms. The number of fused-ring (bicyclic) bond motifs is 4. The molecule has 0 unspecified atom stereocenters. The largest absolute Gasteiger partial charge is 0.486 e. The quantitative estimate of drug-likeness (QED) is 0.692. The van der Waals surface area contributed by atoms with E-state index in [1.165, 1.54) is 50.5 Å². The van der Waals surface area contributed by atoms with E-state index in [4.69, 9.17) is 9.47 Å². The Labute approximate surface area is 115 Å². The van der Waals surface area contributed by atoms with Gasteiger partial charge in [-0.3, -0.25) is 0 Å². The summed E-state index contributed by atoms with van der Waals surface area (Å²) in [5, 5.41) is 0. The summed E-state index contributed by atoms with van der Waals surface area (Å²) in [6.45, 7) is 0.908. The average molecular weight is 258 g/mol. The SMILES string of the molecule is c1ccc2c(c1)OC1(CCCCC1)[C@H]1CCCO[C@H]21. The van der Waals surface area contributed by atoms with Crippen LogP contribution in [0.2, 0.25) is 0 Å². The van der Waals surface area contributed by atoms with Crippen LogP contribution >= 0.6 is 0 Å². The molecule has 1 aliphatic carbocycles. The third-order valence-electron chi connectivity index (χ3n) is 5.24. The van der Waals surface area contributed by atoms with Gasteiger partial charge in [0.05, 0.1) is 6.10 Å². The monoisotopic (exact) mass is 258 g/mol. The fourth-order valence-corrected chi connectivity index (χ4v) is 4.35. The number of hydrogen-bond acceptors (Lipinski definition) is 2. The van der Waals surface area contributed by atoms with Gasteiger partial charge in [-0.25, -0.2) is 0 Å². The van der Waals surface area contributed by atoms with Gasteiger partial charge in [0.25, 0.3) is 0 Å². The number of ether oxygens (including phenoxy) is 2. The minimum absolute atomic E-state index is 0.0672. The second kappa shape index (κ2) is 4.52. The zero-order valence-electron chi connectivity index (χ0n) is 11.4. The van der Waals surface area contributed by atoms with E-state index in [1.807, 2.05) is 0 Å². The molecule has 2 heterocycles. The molecule has 1 aromatic rings. The fraction of sp³-hybridized carbons (Fsp3) is 0.647. The molecule has 3 aliphatic rings. The second-order valence-corrected chi connectivity index (χ2v) is 6.31. The standard InChI is InChI=1S/C17H22O2/c1-4-10-17(11-5-1)14-8-6-12-18-16(14)13-7-2-3-9-15(13)19-17/h2-3,7,9,14,16H,1,4-6,8,10-12H2/t14-,16+/m0/s1. The van der Waals surface area contributed by atoms with Crippen molar-refractivity contribution in [3.05, 3.63) is 29.8 Å². The van der Waals surface area contributed by atoms with Crippen molar-refractivity contribution < 1.29 is 9.47 Å². The Balaban J connectivity index is 1.78. The predicted molar refractivity (Wildman–Crippen MR) is 74.3 cm³/mol. The number of benzene rings is 1. The number of rotatable bonds is 0. The Morgan fingerprint density at radius 1 is 1.00 bits per heavy atom. The van der Waals surface area contributed by atoms with E-state index in [1.54, 1.807) is 0 Å². The molecule has 2 nitrogen and oxygen atoms in total. The van der Waals surface area contributed by atoms with Crippen LogP contribution in [0.25, 0.3) is 0 Å². The topological polar surface area (TPSA) is 18.5 Å². The van der Waals surface area contributed by atoms with Gasteiger partial charge in [0.15, 0.2) is 0 Å². The first-order valence-corrected chi connectivity index (χ1v) is 7.79. The third kappa shape index (κ3) is 1.80. The summed E-state index contributed by atoms with van der Waals surface area (Å²) in [6, 6.07) is 8.50. The van der Waals surface area contributed by atoms with Crippen molar-refractivity contribution in [2.24, 2.45) is 5.92 Å². The number of hydrogen-bond donors (Lipinski definition) is 0. The molecule has 0 aromatic heterocycles. The van der Waals surface area contributed by atoms with E-state index < -0.39 is 0 Å². The van der Waals surface area contributed by atoms with Gasteiger partial charge in [0.1, 0.15) is 11.4 Å². The molecular formula is C17H22O2. The third-order valence-corrected chi connectivity index (χ3v) is 5.24. The zero-order chi connectivity index (χ0) is 12.7. The van der Waals surface area contributed by atoms with Crippen LogP contribution in [0.3, 0.4) is 0 Å². The summed E-state index contributed by atoms with van der Waals surface area (Å²) in [5.41, 5.74) is 1.35. The molecule has 1 aromatic carbocycles. The molecule has 1 spiro atoms. The lowest BCUT2D eigenvalue weighted by Gasteiger charge is -2.52. The molecule has 2 atom stereocenters. The van der Waals surface area contributed by atoms with Gasteiger partial charge in [-0.2, -0.15) is 0 Å². The first kappa shape index (κ1) is 11.8. The second-order valence-electron chi connectivity index (χ2n) is 6.31. The Kier molecular flexibility index (Phi) is 2.80. The molecule has 4 rings (SSSR count). The summed E-state index contributed by atoms with van der Waals surface area (Å²) >= 11 is 0. The molecule has 2 fully saturated rings. The average Bonchev–Trinajstić information content (AvgIpc) is 2.49. The van der Waals surface area contributed by atoms with Crippen molar-refractivity contribution in [1.82, 2.24) is 0 Å². The van der Waals surface area contributed by atoms with E-state index in [9.17, 15) is 0 Å². The molecule has 102 valence electrons. The summed E-state index contributed by atoms with van der Waals surface area (Å²) < 4.78 is 12.7. The predicted octanol–water partition coefficient (Wildman–Crippen LogP) is 4.25. The van der Waals surface area contributed by atoms with Gasteiger partial charge in [0.2, 0.25) is 0 Å². The van der Waals surface area contributed by atoms with Crippen LogP contribution in [0.15, 0.2) is 24.3 Å². The van der Waals surface area contributed by atoms with Gasteiger partial charge in [-0.05, 0) is 44.6 Å². The molecule has 0 radical (unpaired) electrons. The van der Waals surface area contributed by atoms with Crippen LogP contribution < -0.4 is 4.74 Å². The molecule has 2 heteroatoms. The highest BCUT2D eigenvalue weighted by atomic mass is 16.5. The van der Waals surface area contributed by atoms with E-state index in [0.29, 0.717) is 5.92 Å². The summed E-state index contributed by atoms with van der Waals surface area (Å²) in [5.74, 6) is 1.64. The first-order valence-electron chi connectivity index (χ1n) is 7.79. The maximum Gasteiger partial charge on any atom is 0.125 e. The summed E-state index contributed by atoms with van der Waals surface area (Å²) in [7, 11) is 0. The highest BCUT2D eigenvalue weighted by molar-refractivity contribution is 5.39. The molecule has 1 saturated heterocycles. The van der Waals surface area contributed by atoms with E-state index in [2.05, 4.69) is 24.3 Å². The van der Waals surface area contributed by atoms with Crippen molar-refractivity contribution in [1.29, 1.82) is 0 Å². The van der Waals surface area contributed by atoms with Crippen molar-refractivity contribution in [3.8, 4) is 5.75 Å². The first-order chi connectivity index (χ1) is 9.39. The smallest absolute Gasteiger partial charge is 0.125 e. The maximum atomic E-state index is 6.55. The fourth-order valence-electron chi connectivity index (χ4n) is 4.35. The normalized spacial score (nSPS) is 32.2. The minimum atomic E-state index is 0.0672. The van der Waals surface area contributed by atoms with Gasteiger partial charge in [0, 0.05) is 18.1 Å². The van der Waals surface area contributed by atoms with E-state index >= 15 is 0 Å². The van der Waals surface area contributed by atoms with Crippen molar-refractivity contribution in [2.75, 3.05) is 6.61 Å². The van der Waals surface area contributed by atoms with Crippen LogP contribution in [0.5, 0.6) is 5.75 Å². The van der Waals surface area contributed by atoms with E-state index in [0.717, 1.165) is 12.4 Å². The molecule has 1 saturated carbocycles. The van der Waals surface area contributed by atoms with Gasteiger partial charge in [-0.1, -0.05) is 24.6 Å². The Morgan fingerprint density at radius 3 is 2.74 bits per heavy atom. The van der Waals surface area contributed by atoms with Gasteiger partial charge < -0.3 is 9.47 Å². The van der Waals surface area contributed by atoms with Crippen LogP contribution in [-0.4, -0.2) is 12.2 Å².